The first kappa shape index (κ1) is 13.7. The summed E-state index contributed by atoms with van der Waals surface area (Å²) in [6.45, 7) is 0. The highest BCUT2D eigenvalue weighted by atomic mass is 79.9. The Morgan fingerprint density at radius 2 is 1.90 bits per heavy atom. The van der Waals surface area contributed by atoms with Crippen LogP contribution in [0.3, 0.4) is 0 Å². The minimum absolute atomic E-state index is 0.281. The van der Waals surface area contributed by atoms with Gasteiger partial charge in [0, 0.05) is 9.86 Å². The number of nitrogens with one attached hydrogen (secondary N) is 2. The van der Waals surface area contributed by atoms with E-state index in [0.717, 1.165) is 15.4 Å². The third-order valence-electron chi connectivity index (χ3n) is 2.91. The Hall–Kier alpha value is -2.25. The van der Waals surface area contributed by atoms with Gasteiger partial charge < -0.3 is 5.32 Å². The van der Waals surface area contributed by atoms with Crippen LogP contribution in [0.2, 0.25) is 0 Å². The molecule has 0 atom stereocenters. The molecule has 0 spiro atoms. The van der Waals surface area contributed by atoms with Gasteiger partial charge >= 0.3 is 0 Å². The average Bonchev–Trinajstić information content (AvgIpc) is 2.50. The van der Waals surface area contributed by atoms with Crippen LogP contribution in [-0.2, 0) is 0 Å². The number of nitrogens with two attached hydrogens (primary N) is 1. The molecule has 5 nitrogen and oxygen atoms in total. The van der Waals surface area contributed by atoms with Crippen LogP contribution in [0.25, 0.3) is 10.9 Å². The van der Waals surface area contributed by atoms with E-state index in [1.807, 2.05) is 24.3 Å². The molecule has 3 rings (SSSR count). The number of fused-ring (bicyclic) bond motifs is 1. The zero-order valence-electron chi connectivity index (χ0n) is 10.8. The van der Waals surface area contributed by atoms with E-state index in [-0.39, 0.29) is 11.8 Å². The van der Waals surface area contributed by atoms with Crippen LogP contribution >= 0.6 is 15.9 Å². The molecule has 0 aliphatic heterocycles. The van der Waals surface area contributed by atoms with Gasteiger partial charge in [0.2, 0.25) is 5.95 Å². The third-order valence-corrected chi connectivity index (χ3v) is 3.61. The summed E-state index contributed by atoms with van der Waals surface area (Å²) in [4.78, 5) is 8.55. The number of nitrogen functional groups attached to an aromatic ring is 1. The molecule has 0 fully saturated rings. The number of anilines is 3. The van der Waals surface area contributed by atoms with E-state index in [2.05, 4.69) is 36.6 Å². The van der Waals surface area contributed by atoms with Gasteiger partial charge in [-0.1, -0.05) is 12.1 Å². The topological polar surface area (TPSA) is 75.9 Å². The first-order valence-corrected chi connectivity index (χ1v) is 6.92. The Kier molecular flexibility index (Phi) is 3.68. The summed E-state index contributed by atoms with van der Waals surface area (Å²) in [7, 11) is 0. The van der Waals surface area contributed by atoms with Crippen molar-refractivity contribution in [1.82, 2.24) is 9.97 Å². The van der Waals surface area contributed by atoms with Crippen molar-refractivity contribution in [2.45, 2.75) is 0 Å². The minimum atomic E-state index is -0.337. The molecule has 4 N–H and O–H groups in total. The standard InChI is InChI=1S/C14H11BrFN5/c15-10-6-5-8(16)7-12(10)18-13-9-3-1-2-4-11(9)19-14(20-13)21-17/h1-7H,17H2,(H2,18,19,20,21). The first-order chi connectivity index (χ1) is 10.2. The molecule has 3 aromatic rings. The molecule has 1 heterocycles. The number of hydrazine groups is 1. The molecule has 7 heteroatoms. The monoisotopic (exact) mass is 347 g/mol. The number of nitrogens with zero attached hydrogens (tertiary/aromatic N) is 2. The van der Waals surface area contributed by atoms with E-state index in [9.17, 15) is 4.39 Å². The smallest absolute Gasteiger partial charge is 0.239 e. The molecule has 0 radical (unpaired) electrons. The van der Waals surface area contributed by atoms with Crippen LogP contribution in [0.4, 0.5) is 21.8 Å². The quantitative estimate of drug-likeness (QED) is 0.498. The molecule has 21 heavy (non-hydrogen) atoms. The van der Waals surface area contributed by atoms with Crippen molar-refractivity contribution in [3.05, 3.63) is 52.8 Å². The number of hydrogen-bond donors (Lipinski definition) is 3. The van der Waals surface area contributed by atoms with Gasteiger partial charge in [-0.05, 0) is 46.3 Å². The second kappa shape index (κ2) is 5.63. The molecule has 0 aliphatic rings. The SMILES string of the molecule is NNc1nc(Nc2cc(F)ccc2Br)c2ccccc2n1. The molecular weight excluding hydrogens is 337 g/mol. The Labute approximate surface area is 128 Å². The van der Waals surface area contributed by atoms with Crippen LogP contribution in [0.15, 0.2) is 46.9 Å². The summed E-state index contributed by atoms with van der Waals surface area (Å²) in [5, 5.41) is 3.91. The summed E-state index contributed by atoms with van der Waals surface area (Å²) >= 11 is 3.37. The normalized spacial score (nSPS) is 10.6. The van der Waals surface area contributed by atoms with Crippen LogP contribution in [0.5, 0.6) is 0 Å². The van der Waals surface area contributed by atoms with Crippen molar-refractivity contribution in [3.8, 4) is 0 Å². The molecule has 0 amide bonds. The van der Waals surface area contributed by atoms with E-state index in [4.69, 9.17) is 5.84 Å². The van der Waals surface area contributed by atoms with E-state index >= 15 is 0 Å². The lowest BCUT2D eigenvalue weighted by Crippen LogP contribution is -2.11. The summed E-state index contributed by atoms with van der Waals surface area (Å²) in [6.07, 6.45) is 0. The van der Waals surface area contributed by atoms with Crippen molar-refractivity contribution in [2.24, 2.45) is 5.84 Å². The molecule has 0 aliphatic carbocycles. The minimum Gasteiger partial charge on any atom is -0.339 e. The summed E-state index contributed by atoms with van der Waals surface area (Å²) in [6, 6.07) is 11.9. The maximum absolute atomic E-state index is 13.4. The third kappa shape index (κ3) is 2.79. The van der Waals surface area contributed by atoms with E-state index in [0.29, 0.717) is 11.5 Å². The van der Waals surface area contributed by atoms with Crippen molar-refractivity contribution in [2.75, 3.05) is 10.7 Å². The average molecular weight is 348 g/mol. The summed E-state index contributed by atoms with van der Waals surface area (Å²) in [5.41, 5.74) is 3.73. The van der Waals surface area contributed by atoms with Crippen LogP contribution in [0.1, 0.15) is 0 Å². The Morgan fingerprint density at radius 3 is 2.71 bits per heavy atom. The molecule has 0 saturated heterocycles. The zero-order valence-corrected chi connectivity index (χ0v) is 12.4. The van der Waals surface area contributed by atoms with Crippen molar-refractivity contribution >= 4 is 44.3 Å². The number of halogens is 2. The maximum Gasteiger partial charge on any atom is 0.239 e. The zero-order chi connectivity index (χ0) is 14.8. The molecule has 0 bridgehead atoms. The van der Waals surface area contributed by atoms with Gasteiger partial charge in [0.25, 0.3) is 0 Å². The largest absolute Gasteiger partial charge is 0.339 e. The van der Waals surface area contributed by atoms with Crippen LogP contribution in [0, 0.1) is 5.82 Å². The fourth-order valence-electron chi connectivity index (χ4n) is 1.96. The molecule has 0 saturated carbocycles. The molecule has 106 valence electrons. The lowest BCUT2D eigenvalue weighted by molar-refractivity contribution is 0.628. The number of aromatic nitrogens is 2. The van der Waals surface area contributed by atoms with E-state index in [1.54, 1.807) is 6.07 Å². The molecule has 2 aromatic carbocycles. The molecule has 1 aromatic heterocycles. The highest BCUT2D eigenvalue weighted by molar-refractivity contribution is 9.10. The van der Waals surface area contributed by atoms with Gasteiger partial charge in [0.15, 0.2) is 0 Å². The first-order valence-electron chi connectivity index (χ1n) is 6.13. The van der Waals surface area contributed by atoms with Gasteiger partial charge in [-0.3, -0.25) is 5.43 Å². The van der Waals surface area contributed by atoms with Gasteiger partial charge in [0.05, 0.1) is 11.2 Å². The maximum atomic E-state index is 13.4. The summed E-state index contributed by atoms with van der Waals surface area (Å²) < 4.78 is 14.1. The van der Waals surface area contributed by atoms with E-state index in [1.165, 1.54) is 12.1 Å². The lowest BCUT2D eigenvalue weighted by atomic mass is 10.2. The number of hydrogen-bond acceptors (Lipinski definition) is 5. The van der Waals surface area contributed by atoms with Crippen molar-refractivity contribution < 1.29 is 4.39 Å². The Balaban J connectivity index is 2.13. The summed E-state index contributed by atoms with van der Waals surface area (Å²) in [5.74, 6) is 5.87. The van der Waals surface area contributed by atoms with Crippen molar-refractivity contribution in [3.63, 3.8) is 0 Å². The highest BCUT2D eigenvalue weighted by Crippen LogP contribution is 2.29. The van der Waals surface area contributed by atoms with Crippen LogP contribution < -0.4 is 16.6 Å². The second-order valence-corrected chi connectivity index (χ2v) is 5.16. The van der Waals surface area contributed by atoms with Gasteiger partial charge in [-0.25, -0.2) is 15.2 Å². The Morgan fingerprint density at radius 1 is 1.10 bits per heavy atom. The molecule has 0 unspecified atom stereocenters. The van der Waals surface area contributed by atoms with Gasteiger partial charge in [-0.15, -0.1) is 0 Å². The Bertz CT molecular complexity index is 808. The second-order valence-electron chi connectivity index (χ2n) is 4.31. The van der Waals surface area contributed by atoms with Gasteiger partial charge in [-0.2, -0.15) is 4.98 Å². The number of para-hydroxylation sites is 1. The number of benzene rings is 2. The number of rotatable bonds is 3. The van der Waals surface area contributed by atoms with E-state index < -0.39 is 0 Å². The predicted octanol–water partition coefficient (Wildman–Crippen LogP) is 3.56. The fraction of sp³-hybridized carbons (Fsp3) is 0. The van der Waals surface area contributed by atoms with Crippen molar-refractivity contribution in [1.29, 1.82) is 0 Å². The molecular formula is C14H11BrFN5. The lowest BCUT2D eigenvalue weighted by Gasteiger charge is -2.11. The fourth-order valence-corrected chi connectivity index (χ4v) is 2.30. The predicted molar refractivity (Wildman–Crippen MR) is 84.7 cm³/mol. The van der Waals surface area contributed by atoms with Crippen LogP contribution in [-0.4, -0.2) is 9.97 Å². The highest BCUT2D eigenvalue weighted by Gasteiger charge is 2.09. The van der Waals surface area contributed by atoms with Gasteiger partial charge in [0.1, 0.15) is 11.6 Å².